The Labute approximate surface area is 181 Å². The van der Waals surface area contributed by atoms with Gasteiger partial charge < -0.3 is 10.4 Å². The zero-order chi connectivity index (χ0) is 22.1. The van der Waals surface area contributed by atoms with Crippen molar-refractivity contribution in [2.24, 2.45) is 17.0 Å². The maximum Gasteiger partial charge on any atom is 0.209 e. The van der Waals surface area contributed by atoms with Crippen molar-refractivity contribution < 1.29 is 18.3 Å². The molecule has 1 aliphatic carbocycles. The molecule has 0 spiro atoms. The van der Waals surface area contributed by atoms with Gasteiger partial charge >= 0.3 is 0 Å². The van der Waals surface area contributed by atoms with Crippen LogP contribution in [0.2, 0.25) is 0 Å². The summed E-state index contributed by atoms with van der Waals surface area (Å²) in [7, 11) is -3.47. The third-order valence-corrected chi connectivity index (χ3v) is 7.38. The summed E-state index contributed by atoms with van der Waals surface area (Å²) in [6.07, 6.45) is 5.07. The number of ketones is 1. The molecule has 0 bridgehead atoms. The Kier molecular flexibility index (Phi) is 6.61. The quantitative estimate of drug-likeness (QED) is 0.524. The van der Waals surface area contributed by atoms with E-state index in [1.165, 1.54) is 23.9 Å². The topological polar surface area (TPSA) is 135 Å². The van der Waals surface area contributed by atoms with Gasteiger partial charge in [-0.15, -0.1) is 11.3 Å². The van der Waals surface area contributed by atoms with Crippen LogP contribution >= 0.6 is 11.3 Å². The summed E-state index contributed by atoms with van der Waals surface area (Å²) in [6.45, 7) is 5.45. The van der Waals surface area contributed by atoms with Crippen molar-refractivity contribution >= 4 is 33.0 Å². The van der Waals surface area contributed by atoms with Crippen LogP contribution in [0.5, 0.6) is 0 Å². The highest BCUT2D eigenvalue weighted by atomic mass is 32.2. The Morgan fingerprint density at radius 3 is 2.77 bits per heavy atom. The maximum absolute atomic E-state index is 13.1. The molecule has 0 aliphatic heterocycles. The highest BCUT2D eigenvalue weighted by Gasteiger charge is 2.33. The van der Waals surface area contributed by atoms with Gasteiger partial charge in [-0.05, 0) is 62.0 Å². The van der Waals surface area contributed by atoms with Gasteiger partial charge in [0.2, 0.25) is 15.8 Å². The summed E-state index contributed by atoms with van der Waals surface area (Å²) in [5.41, 5.74) is 0.0433. The summed E-state index contributed by atoms with van der Waals surface area (Å²) in [4.78, 5) is 21.8. The molecule has 0 amide bonds. The van der Waals surface area contributed by atoms with E-state index in [1.54, 1.807) is 25.3 Å². The number of carbonyl (C=O) groups is 1. The molecule has 2 heterocycles. The first-order chi connectivity index (χ1) is 13.9. The van der Waals surface area contributed by atoms with E-state index in [1.807, 2.05) is 0 Å². The first kappa shape index (κ1) is 22.8. The minimum Gasteiger partial charge on any atom is -0.386 e. The van der Waals surface area contributed by atoms with Crippen LogP contribution in [0, 0.1) is 11.8 Å². The Hall–Kier alpha value is -1.88. The molecule has 2 aromatic rings. The number of nitrogens with two attached hydrogens (primary N) is 1. The minimum absolute atomic E-state index is 0.0200. The molecule has 0 unspecified atom stereocenters. The monoisotopic (exact) mass is 452 g/mol. The lowest BCUT2D eigenvalue weighted by molar-refractivity contribution is 0.0790. The second-order valence-corrected chi connectivity index (χ2v) is 11.2. The molecular weight excluding hydrogens is 424 g/mol. The Morgan fingerprint density at radius 2 is 2.13 bits per heavy atom. The molecule has 10 heteroatoms. The van der Waals surface area contributed by atoms with E-state index in [2.05, 4.69) is 22.2 Å². The normalized spacial score (nSPS) is 22.2. The van der Waals surface area contributed by atoms with Crippen LogP contribution in [0.3, 0.4) is 0 Å². The van der Waals surface area contributed by atoms with Gasteiger partial charge in [0.15, 0.2) is 0 Å². The SMILES string of the molecule is C[C@H]1C[C@H](Nc2ncncc2C(=O)c2cc(C(C)(C)O)cs2)C[C@@H]1CCS(N)(=O)=O. The molecule has 1 aliphatic rings. The molecule has 1 fully saturated rings. The highest BCUT2D eigenvalue weighted by Crippen LogP contribution is 2.36. The van der Waals surface area contributed by atoms with Gasteiger partial charge in [-0.3, -0.25) is 4.79 Å². The van der Waals surface area contributed by atoms with E-state index < -0.39 is 15.6 Å². The number of nitrogens with one attached hydrogen (secondary N) is 1. The van der Waals surface area contributed by atoms with Crippen molar-refractivity contribution in [3.63, 3.8) is 0 Å². The van der Waals surface area contributed by atoms with Gasteiger partial charge in [0.1, 0.15) is 12.1 Å². The van der Waals surface area contributed by atoms with Gasteiger partial charge in [0.25, 0.3) is 0 Å². The molecule has 0 saturated heterocycles. The first-order valence-corrected chi connectivity index (χ1v) is 12.5. The van der Waals surface area contributed by atoms with Gasteiger partial charge in [-0.1, -0.05) is 6.92 Å². The Bertz CT molecular complexity index is 1010. The van der Waals surface area contributed by atoms with Crippen LogP contribution in [0.4, 0.5) is 5.82 Å². The molecule has 4 N–H and O–H groups in total. The molecule has 2 aromatic heterocycles. The highest BCUT2D eigenvalue weighted by molar-refractivity contribution is 7.89. The van der Waals surface area contributed by atoms with Gasteiger partial charge in [-0.2, -0.15) is 0 Å². The number of rotatable bonds is 8. The van der Waals surface area contributed by atoms with Crippen molar-refractivity contribution in [2.45, 2.75) is 51.7 Å². The lowest BCUT2D eigenvalue weighted by atomic mass is 9.96. The van der Waals surface area contributed by atoms with Crippen molar-refractivity contribution in [3.8, 4) is 0 Å². The zero-order valence-corrected chi connectivity index (χ0v) is 19.0. The smallest absolute Gasteiger partial charge is 0.209 e. The summed E-state index contributed by atoms with van der Waals surface area (Å²) in [5.74, 6) is 0.840. The number of nitrogens with zero attached hydrogens (tertiary/aromatic N) is 2. The average molecular weight is 453 g/mol. The molecule has 0 aromatic carbocycles. The standard InChI is InChI=1S/C20H28N4O4S2/c1-12-6-15(7-13(12)4-5-30(21,27)28)24-19-16(9-22-11-23-19)18(25)17-8-14(10-29-17)20(2,3)26/h8-13,15,26H,4-7H2,1-3H3,(H2,21,27,28)(H,22,23,24)/t12-,13-,15-/m0/s1. The largest absolute Gasteiger partial charge is 0.386 e. The van der Waals surface area contributed by atoms with E-state index >= 15 is 0 Å². The number of primary sulfonamides is 1. The zero-order valence-electron chi connectivity index (χ0n) is 17.3. The number of thiophene rings is 1. The molecular formula is C20H28N4O4S2. The van der Waals surface area contributed by atoms with Crippen molar-refractivity contribution in [1.82, 2.24) is 9.97 Å². The summed E-state index contributed by atoms with van der Waals surface area (Å²) in [6, 6.07) is 1.78. The number of hydrogen-bond donors (Lipinski definition) is 3. The summed E-state index contributed by atoms with van der Waals surface area (Å²) < 4.78 is 22.6. The van der Waals surface area contributed by atoms with E-state index in [0.29, 0.717) is 34.2 Å². The average Bonchev–Trinajstić information content (AvgIpc) is 3.26. The molecule has 1 saturated carbocycles. The number of sulfonamides is 1. The number of carbonyl (C=O) groups excluding carboxylic acids is 1. The van der Waals surface area contributed by atoms with E-state index in [4.69, 9.17) is 5.14 Å². The second-order valence-electron chi connectivity index (χ2n) is 8.58. The van der Waals surface area contributed by atoms with Crippen LogP contribution in [0.1, 0.15) is 60.8 Å². The van der Waals surface area contributed by atoms with Crippen LogP contribution < -0.4 is 10.5 Å². The molecule has 3 atom stereocenters. The molecule has 3 rings (SSSR count). The van der Waals surface area contributed by atoms with Crippen molar-refractivity contribution in [1.29, 1.82) is 0 Å². The van der Waals surface area contributed by atoms with E-state index in [0.717, 1.165) is 12.8 Å². The first-order valence-electron chi connectivity index (χ1n) is 9.87. The third-order valence-electron chi connectivity index (χ3n) is 5.65. The fourth-order valence-corrected chi connectivity index (χ4v) is 5.54. The van der Waals surface area contributed by atoms with Crippen LogP contribution in [0.25, 0.3) is 0 Å². The lowest BCUT2D eigenvalue weighted by Gasteiger charge is -2.16. The van der Waals surface area contributed by atoms with Crippen molar-refractivity contribution in [2.75, 3.05) is 11.1 Å². The third kappa shape index (κ3) is 5.63. The maximum atomic E-state index is 13.1. The molecule has 30 heavy (non-hydrogen) atoms. The second kappa shape index (κ2) is 8.70. The predicted molar refractivity (Wildman–Crippen MR) is 117 cm³/mol. The number of anilines is 1. The Balaban J connectivity index is 1.73. The number of aliphatic hydroxyl groups is 1. The fourth-order valence-electron chi connectivity index (χ4n) is 3.88. The van der Waals surface area contributed by atoms with E-state index in [9.17, 15) is 18.3 Å². The summed E-state index contributed by atoms with van der Waals surface area (Å²) in [5, 5.41) is 20.4. The predicted octanol–water partition coefficient (Wildman–Crippen LogP) is 2.50. The molecule has 0 radical (unpaired) electrons. The van der Waals surface area contributed by atoms with Crippen molar-refractivity contribution in [3.05, 3.63) is 40.0 Å². The fraction of sp³-hybridized carbons (Fsp3) is 0.550. The lowest BCUT2D eigenvalue weighted by Crippen LogP contribution is -2.21. The van der Waals surface area contributed by atoms with Crippen LogP contribution in [-0.2, 0) is 15.6 Å². The van der Waals surface area contributed by atoms with Crippen LogP contribution in [-0.4, -0.2) is 41.1 Å². The van der Waals surface area contributed by atoms with E-state index in [-0.39, 0.29) is 23.5 Å². The minimum atomic E-state index is -3.47. The summed E-state index contributed by atoms with van der Waals surface area (Å²) >= 11 is 1.28. The Morgan fingerprint density at radius 1 is 1.40 bits per heavy atom. The number of aromatic nitrogens is 2. The van der Waals surface area contributed by atoms with Gasteiger partial charge in [0.05, 0.1) is 21.8 Å². The molecule has 8 nitrogen and oxygen atoms in total. The molecule has 164 valence electrons. The van der Waals surface area contributed by atoms with Crippen LogP contribution in [0.15, 0.2) is 24.0 Å². The van der Waals surface area contributed by atoms with Gasteiger partial charge in [-0.25, -0.2) is 23.5 Å². The van der Waals surface area contributed by atoms with Gasteiger partial charge in [0, 0.05) is 12.2 Å². The number of hydrogen-bond acceptors (Lipinski definition) is 8.